The van der Waals surface area contributed by atoms with Crippen molar-refractivity contribution < 1.29 is 28.2 Å². The van der Waals surface area contributed by atoms with Crippen LogP contribution < -0.4 is 14.2 Å². The minimum Gasteiger partial charge on any atom is -0.497 e. The topological polar surface area (TPSA) is 91.1 Å². The van der Waals surface area contributed by atoms with E-state index in [1.807, 2.05) is 36.4 Å². The van der Waals surface area contributed by atoms with Crippen LogP contribution in [0.5, 0.6) is 17.6 Å². The highest BCUT2D eigenvalue weighted by Crippen LogP contribution is 2.36. The summed E-state index contributed by atoms with van der Waals surface area (Å²) in [5, 5.41) is 0. The number of imide groups is 1. The Morgan fingerprint density at radius 1 is 0.771 bits per heavy atom. The SMILES string of the molecule is COc1ccc(-c2nc(OC)oc2-c2ccc(OCCN3C(=O)c4ccccc4C3=O)cc2)cc1. The molecule has 0 unspecified atom stereocenters. The number of oxazole rings is 1. The van der Waals surface area contributed by atoms with E-state index < -0.39 is 0 Å². The normalized spacial score (nSPS) is 12.6. The van der Waals surface area contributed by atoms with Gasteiger partial charge in [-0.3, -0.25) is 14.5 Å². The first-order valence-electron chi connectivity index (χ1n) is 11.0. The Morgan fingerprint density at radius 3 is 1.97 bits per heavy atom. The number of carbonyl (C=O) groups excluding carboxylic acids is 2. The van der Waals surface area contributed by atoms with Gasteiger partial charge in [0.05, 0.1) is 31.9 Å². The maximum absolute atomic E-state index is 12.5. The summed E-state index contributed by atoms with van der Waals surface area (Å²) in [5.74, 6) is 1.31. The molecule has 0 aliphatic carbocycles. The second kappa shape index (κ2) is 9.34. The second-order valence-corrected chi connectivity index (χ2v) is 7.77. The van der Waals surface area contributed by atoms with Gasteiger partial charge in [-0.2, -0.15) is 4.98 Å². The van der Waals surface area contributed by atoms with Crippen molar-refractivity contribution in [2.24, 2.45) is 0 Å². The van der Waals surface area contributed by atoms with E-state index in [0.29, 0.717) is 28.3 Å². The van der Waals surface area contributed by atoms with E-state index in [2.05, 4.69) is 4.98 Å². The second-order valence-electron chi connectivity index (χ2n) is 7.77. The summed E-state index contributed by atoms with van der Waals surface area (Å²) in [6.45, 7) is 0.340. The van der Waals surface area contributed by atoms with Gasteiger partial charge in [0.25, 0.3) is 11.8 Å². The van der Waals surface area contributed by atoms with E-state index in [0.717, 1.165) is 16.9 Å². The third kappa shape index (κ3) is 4.21. The van der Waals surface area contributed by atoms with Crippen molar-refractivity contribution in [3.8, 4) is 40.2 Å². The molecule has 0 atom stereocenters. The lowest BCUT2D eigenvalue weighted by Crippen LogP contribution is -2.33. The molecule has 3 aromatic carbocycles. The molecule has 8 nitrogen and oxygen atoms in total. The van der Waals surface area contributed by atoms with Gasteiger partial charge in [-0.1, -0.05) is 12.1 Å². The van der Waals surface area contributed by atoms with Crippen molar-refractivity contribution in [1.82, 2.24) is 9.88 Å². The number of carbonyl (C=O) groups is 2. The minimum atomic E-state index is -0.296. The van der Waals surface area contributed by atoms with Crippen LogP contribution >= 0.6 is 0 Å². The lowest BCUT2D eigenvalue weighted by Gasteiger charge is -2.14. The maximum Gasteiger partial charge on any atom is 0.394 e. The van der Waals surface area contributed by atoms with Crippen molar-refractivity contribution in [3.05, 3.63) is 83.9 Å². The molecule has 0 saturated heterocycles. The van der Waals surface area contributed by atoms with Crippen molar-refractivity contribution in [2.45, 2.75) is 0 Å². The van der Waals surface area contributed by atoms with E-state index in [4.69, 9.17) is 18.6 Å². The first-order valence-corrected chi connectivity index (χ1v) is 11.0. The number of amides is 2. The fourth-order valence-electron chi connectivity index (χ4n) is 3.93. The molecular weight excluding hydrogens is 448 g/mol. The quantitative estimate of drug-likeness (QED) is 0.345. The fourth-order valence-corrected chi connectivity index (χ4v) is 3.93. The molecule has 1 aliphatic rings. The highest BCUT2D eigenvalue weighted by Gasteiger charge is 2.34. The lowest BCUT2D eigenvalue weighted by molar-refractivity contribution is 0.0631. The van der Waals surface area contributed by atoms with Gasteiger partial charge in [0.1, 0.15) is 23.8 Å². The molecule has 0 radical (unpaired) electrons. The van der Waals surface area contributed by atoms with Crippen LogP contribution in [0.2, 0.25) is 0 Å². The van der Waals surface area contributed by atoms with Gasteiger partial charge in [0.15, 0.2) is 5.76 Å². The third-order valence-electron chi connectivity index (χ3n) is 5.72. The molecule has 35 heavy (non-hydrogen) atoms. The summed E-state index contributed by atoms with van der Waals surface area (Å²) in [4.78, 5) is 30.6. The summed E-state index contributed by atoms with van der Waals surface area (Å²) in [6, 6.07) is 21.6. The van der Waals surface area contributed by atoms with E-state index in [1.54, 1.807) is 43.5 Å². The molecule has 0 spiro atoms. The zero-order valence-electron chi connectivity index (χ0n) is 19.2. The number of hydrogen-bond acceptors (Lipinski definition) is 7. The molecule has 176 valence electrons. The summed E-state index contributed by atoms with van der Waals surface area (Å²) in [6.07, 6.45) is 0.159. The lowest BCUT2D eigenvalue weighted by atomic mass is 10.1. The number of rotatable bonds is 8. The zero-order valence-corrected chi connectivity index (χ0v) is 19.2. The molecule has 0 N–H and O–H groups in total. The first kappa shape index (κ1) is 22.2. The average Bonchev–Trinajstić information content (AvgIpc) is 3.45. The average molecular weight is 470 g/mol. The highest BCUT2D eigenvalue weighted by atomic mass is 16.6. The predicted molar refractivity (Wildman–Crippen MR) is 128 cm³/mol. The third-order valence-corrected chi connectivity index (χ3v) is 5.72. The number of methoxy groups -OCH3 is 2. The molecular formula is C27H22N2O6. The molecule has 1 aromatic heterocycles. The Hall–Kier alpha value is -4.59. The smallest absolute Gasteiger partial charge is 0.394 e. The number of hydrogen-bond donors (Lipinski definition) is 0. The van der Waals surface area contributed by atoms with Crippen molar-refractivity contribution in [3.63, 3.8) is 0 Å². The van der Waals surface area contributed by atoms with Crippen LogP contribution in [0, 0.1) is 0 Å². The van der Waals surface area contributed by atoms with Crippen LogP contribution in [0.3, 0.4) is 0 Å². The Bertz CT molecular complexity index is 1340. The summed E-state index contributed by atoms with van der Waals surface area (Å²) in [7, 11) is 3.11. The Kier molecular flexibility index (Phi) is 5.93. The van der Waals surface area contributed by atoms with E-state index in [1.165, 1.54) is 12.0 Å². The number of aromatic nitrogens is 1. The molecule has 5 rings (SSSR count). The maximum atomic E-state index is 12.5. The van der Waals surface area contributed by atoms with Crippen molar-refractivity contribution >= 4 is 11.8 Å². The Balaban J connectivity index is 1.28. The summed E-state index contributed by atoms with van der Waals surface area (Å²) < 4.78 is 22.0. The van der Waals surface area contributed by atoms with Gasteiger partial charge in [-0.05, 0) is 60.7 Å². The van der Waals surface area contributed by atoms with Gasteiger partial charge in [0, 0.05) is 11.1 Å². The van der Waals surface area contributed by atoms with Crippen LogP contribution in [0.25, 0.3) is 22.6 Å². The van der Waals surface area contributed by atoms with Crippen molar-refractivity contribution in [2.75, 3.05) is 27.4 Å². The summed E-state index contributed by atoms with van der Waals surface area (Å²) in [5.41, 5.74) is 3.14. The minimum absolute atomic E-state index is 0.159. The largest absolute Gasteiger partial charge is 0.497 e. The van der Waals surface area contributed by atoms with E-state index in [-0.39, 0.29) is 31.0 Å². The molecule has 2 amide bonds. The predicted octanol–water partition coefficient (Wildman–Crippen LogP) is 4.70. The van der Waals surface area contributed by atoms with Gasteiger partial charge in [-0.15, -0.1) is 0 Å². The van der Waals surface area contributed by atoms with Crippen LogP contribution in [-0.4, -0.2) is 49.1 Å². The summed E-state index contributed by atoms with van der Waals surface area (Å²) >= 11 is 0. The number of ether oxygens (including phenoxy) is 3. The highest BCUT2D eigenvalue weighted by molar-refractivity contribution is 6.21. The van der Waals surface area contributed by atoms with Crippen LogP contribution in [-0.2, 0) is 0 Å². The number of fused-ring (bicyclic) bond motifs is 1. The first-order chi connectivity index (χ1) is 17.1. The van der Waals surface area contributed by atoms with E-state index >= 15 is 0 Å². The number of nitrogens with zero attached hydrogens (tertiary/aromatic N) is 2. The Labute approximate surface area is 201 Å². The Morgan fingerprint density at radius 2 is 1.37 bits per heavy atom. The van der Waals surface area contributed by atoms with Gasteiger partial charge < -0.3 is 18.6 Å². The van der Waals surface area contributed by atoms with Crippen LogP contribution in [0.15, 0.2) is 77.2 Å². The van der Waals surface area contributed by atoms with Gasteiger partial charge in [-0.25, -0.2) is 0 Å². The number of benzene rings is 3. The van der Waals surface area contributed by atoms with E-state index in [9.17, 15) is 9.59 Å². The van der Waals surface area contributed by atoms with Crippen LogP contribution in [0.1, 0.15) is 20.7 Å². The molecule has 8 heteroatoms. The van der Waals surface area contributed by atoms with Crippen molar-refractivity contribution in [1.29, 1.82) is 0 Å². The molecule has 4 aromatic rings. The van der Waals surface area contributed by atoms with Crippen LogP contribution in [0.4, 0.5) is 0 Å². The van der Waals surface area contributed by atoms with Gasteiger partial charge >= 0.3 is 6.08 Å². The van der Waals surface area contributed by atoms with Gasteiger partial charge in [0.2, 0.25) is 0 Å². The zero-order chi connectivity index (χ0) is 24.4. The molecule has 1 aliphatic heterocycles. The monoisotopic (exact) mass is 470 g/mol. The molecule has 2 heterocycles. The molecule has 0 saturated carbocycles. The standard InChI is InChI=1S/C27H22N2O6/c1-32-19-11-7-17(8-12-19)23-24(35-27(28-23)33-2)18-9-13-20(14-10-18)34-16-15-29-25(30)21-5-3-4-6-22(21)26(29)31/h3-14H,15-16H2,1-2H3. The molecule has 0 fully saturated rings. The fraction of sp³-hybridized carbons (Fsp3) is 0.148. The molecule has 0 bridgehead atoms.